The number of likely N-dealkylation sites (N-methyl/N-ethyl adjacent to an activating group) is 1. The molecule has 1 N–H and O–H groups in total. The van der Waals surface area contributed by atoms with E-state index in [9.17, 15) is 4.79 Å². The molecule has 0 bridgehead atoms. The lowest BCUT2D eigenvalue weighted by Gasteiger charge is -2.12. The van der Waals surface area contributed by atoms with Crippen LogP contribution in [0.1, 0.15) is 30.5 Å². The molecule has 0 fully saturated rings. The van der Waals surface area contributed by atoms with Gasteiger partial charge in [0.15, 0.2) is 5.71 Å². The maximum atomic E-state index is 12.0. The number of pyridine rings is 1. The Hall–Kier alpha value is -2.89. The molecule has 0 unspecified atom stereocenters. The van der Waals surface area contributed by atoms with Gasteiger partial charge in [0.25, 0.3) is 5.91 Å². The van der Waals surface area contributed by atoms with E-state index in [1.54, 1.807) is 19.3 Å². The highest BCUT2D eigenvalue weighted by Gasteiger charge is 2.17. The molecular weight excluding hydrogens is 318 g/mol. The Morgan fingerprint density at radius 2 is 1.92 bits per heavy atom. The molecule has 1 aromatic carbocycles. The van der Waals surface area contributed by atoms with Crippen LogP contribution < -0.4 is 10.1 Å². The van der Waals surface area contributed by atoms with Crippen LogP contribution in [0, 0.1) is 6.92 Å². The van der Waals surface area contributed by atoms with Crippen molar-refractivity contribution >= 4 is 11.6 Å². The largest absolute Gasteiger partial charge is 0.473 e. The van der Waals surface area contributed by atoms with Crippen molar-refractivity contribution in [3.8, 4) is 5.88 Å². The van der Waals surface area contributed by atoms with Gasteiger partial charge < -0.3 is 14.9 Å². The fourth-order valence-corrected chi connectivity index (χ4v) is 2.07. The standard InChI is InChI=1S/C17H19N3O3.C2H6/c1-12-7-6-10-19-17(12)23-11-13-8-4-5-9-14(13)15(20-22-3)16(21)18-2;1-2/h4-10H,11H2,1-3H3,(H,18,21);1-2H3/b20-15-;. The first-order valence-corrected chi connectivity index (χ1v) is 8.13. The summed E-state index contributed by atoms with van der Waals surface area (Å²) in [6, 6.07) is 11.2. The summed E-state index contributed by atoms with van der Waals surface area (Å²) in [4.78, 5) is 21.0. The van der Waals surface area contributed by atoms with Crippen molar-refractivity contribution in [2.75, 3.05) is 14.2 Å². The Balaban J connectivity index is 0.00000151. The first-order valence-electron chi connectivity index (χ1n) is 8.13. The Kier molecular flexibility index (Phi) is 8.71. The predicted molar refractivity (Wildman–Crippen MR) is 98.7 cm³/mol. The molecule has 0 saturated heterocycles. The molecule has 0 saturated carbocycles. The quantitative estimate of drug-likeness (QED) is 0.646. The van der Waals surface area contributed by atoms with Gasteiger partial charge in [-0.25, -0.2) is 4.98 Å². The predicted octanol–water partition coefficient (Wildman–Crippen LogP) is 3.09. The first-order chi connectivity index (χ1) is 12.2. The van der Waals surface area contributed by atoms with Gasteiger partial charge in [-0.2, -0.15) is 0 Å². The van der Waals surface area contributed by atoms with Crippen molar-refractivity contribution in [2.45, 2.75) is 27.4 Å². The van der Waals surface area contributed by atoms with Crippen molar-refractivity contribution in [1.29, 1.82) is 0 Å². The van der Waals surface area contributed by atoms with Crippen LogP contribution in [0.5, 0.6) is 5.88 Å². The Bertz CT molecular complexity index is 715. The SMILES string of the molecule is CC.CNC(=O)/C(=N\OC)c1ccccc1COc1ncccc1C. The molecule has 2 rings (SSSR count). The monoisotopic (exact) mass is 343 g/mol. The summed E-state index contributed by atoms with van der Waals surface area (Å²) in [6.45, 7) is 6.20. The van der Waals surface area contributed by atoms with Crippen LogP contribution in [0.2, 0.25) is 0 Å². The van der Waals surface area contributed by atoms with E-state index in [1.807, 2.05) is 51.1 Å². The van der Waals surface area contributed by atoms with E-state index in [0.717, 1.165) is 11.1 Å². The number of nitrogens with one attached hydrogen (secondary N) is 1. The number of nitrogens with zero attached hydrogens (tertiary/aromatic N) is 2. The number of benzene rings is 1. The summed E-state index contributed by atoms with van der Waals surface area (Å²) >= 11 is 0. The van der Waals surface area contributed by atoms with Crippen LogP contribution in [0.15, 0.2) is 47.8 Å². The number of amides is 1. The van der Waals surface area contributed by atoms with Crippen LogP contribution in [-0.4, -0.2) is 30.8 Å². The van der Waals surface area contributed by atoms with E-state index >= 15 is 0 Å². The molecule has 1 amide bonds. The number of aromatic nitrogens is 1. The molecule has 1 aromatic heterocycles. The number of carbonyl (C=O) groups excluding carboxylic acids is 1. The lowest BCUT2D eigenvalue weighted by Crippen LogP contribution is -2.29. The zero-order chi connectivity index (χ0) is 18.7. The molecular formula is C19H25N3O3. The third-order valence-electron chi connectivity index (χ3n) is 3.22. The normalized spacial score (nSPS) is 10.4. The van der Waals surface area contributed by atoms with Crippen molar-refractivity contribution in [3.63, 3.8) is 0 Å². The van der Waals surface area contributed by atoms with Gasteiger partial charge in [-0.05, 0) is 18.6 Å². The number of hydrogen-bond acceptors (Lipinski definition) is 5. The van der Waals surface area contributed by atoms with E-state index in [2.05, 4.69) is 15.5 Å². The number of carbonyl (C=O) groups is 1. The van der Waals surface area contributed by atoms with E-state index < -0.39 is 0 Å². The second-order valence-electron chi connectivity index (χ2n) is 4.77. The van der Waals surface area contributed by atoms with E-state index in [0.29, 0.717) is 11.4 Å². The van der Waals surface area contributed by atoms with Crippen LogP contribution in [-0.2, 0) is 16.2 Å². The molecule has 0 spiro atoms. The van der Waals surface area contributed by atoms with Crippen LogP contribution in [0.4, 0.5) is 0 Å². The minimum Gasteiger partial charge on any atom is -0.473 e. The van der Waals surface area contributed by atoms with Gasteiger partial charge in [0.2, 0.25) is 5.88 Å². The molecule has 0 atom stereocenters. The Labute approximate surface area is 148 Å². The lowest BCUT2D eigenvalue weighted by atomic mass is 10.0. The third-order valence-corrected chi connectivity index (χ3v) is 3.22. The fourth-order valence-electron chi connectivity index (χ4n) is 2.07. The fraction of sp³-hybridized carbons (Fsp3) is 0.316. The maximum Gasteiger partial charge on any atom is 0.273 e. The van der Waals surface area contributed by atoms with Gasteiger partial charge in [-0.1, -0.05) is 49.3 Å². The summed E-state index contributed by atoms with van der Waals surface area (Å²) < 4.78 is 5.77. The summed E-state index contributed by atoms with van der Waals surface area (Å²) in [7, 11) is 2.95. The molecule has 25 heavy (non-hydrogen) atoms. The molecule has 2 aromatic rings. The van der Waals surface area contributed by atoms with Gasteiger partial charge in [0.05, 0.1) is 0 Å². The van der Waals surface area contributed by atoms with Gasteiger partial charge in [-0.3, -0.25) is 4.79 Å². The minimum absolute atomic E-state index is 0.201. The van der Waals surface area contributed by atoms with Crippen LogP contribution >= 0.6 is 0 Å². The maximum absolute atomic E-state index is 12.0. The summed E-state index contributed by atoms with van der Waals surface area (Å²) in [6.07, 6.45) is 1.68. The molecule has 0 radical (unpaired) electrons. The zero-order valence-corrected chi connectivity index (χ0v) is 15.4. The van der Waals surface area contributed by atoms with Crippen molar-refractivity contribution in [2.24, 2.45) is 5.16 Å². The lowest BCUT2D eigenvalue weighted by molar-refractivity contribution is -0.114. The third kappa shape index (κ3) is 5.60. The average Bonchev–Trinajstić information content (AvgIpc) is 2.67. The molecule has 6 nitrogen and oxygen atoms in total. The highest BCUT2D eigenvalue weighted by Crippen LogP contribution is 2.17. The number of ether oxygens (including phenoxy) is 1. The summed E-state index contributed by atoms with van der Waals surface area (Å²) in [5, 5.41) is 6.39. The minimum atomic E-state index is -0.326. The van der Waals surface area contributed by atoms with Gasteiger partial charge in [-0.15, -0.1) is 0 Å². The number of oxime groups is 1. The van der Waals surface area contributed by atoms with Crippen molar-refractivity contribution in [3.05, 3.63) is 59.3 Å². The second-order valence-corrected chi connectivity index (χ2v) is 4.77. The zero-order valence-electron chi connectivity index (χ0n) is 15.4. The molecule has 134 valence electrons. The molecule has 0 aliphatic carbocycles. The second kappa shape index (κ2) is 10.8. The number of hydrogen-bond donors (Lipinski definition) is 1. The topological polar surface area (TPSA) is 72.8 Å². The Morgan fingerprint density at radius 1 is 1.20 bits per heavy atom. The van der Waals surface area contributed by atoms with Gasteiger partial charge in [0, 0.05) is 24.4 Å². The van der Waals surface area contributed by atoms with Crippen LogP contribution in [0.25, 0.3) is 0 Å². The van der Waals surface area contributed by atoms with Crippen LogP contribution in [0.3, 0.4) is 0 Å². The Morgan fingerprint density at radius 3 is 2.56 bits per heavy atom. The highest BCUT2D eigenvalue weighted by molar-refractivity contribution is 6.45. The van der Waals surface area contributed by atoms with Gasteiger partial charge in [0.1, 0.15) is 13.7 Å². The average molecular weight is 343 g/mol. The number of aryl methyl sites for hydroxylation is 1. The van der Waals surface area contributed by atoms with Gasteiger partial charge >= 0.3 is 0 Å². The highest BCUT2D eigenvalue weighted by atomic mass is 16.6. The van der Waals surface area contributed by atoms with Crippen molar-refractivity contribution < 1.29 is 14.4 Å². The summed E-state index contributed by atoms with van der Waals surface area (Å²) in [5.74, 6) is 0.237. The van der Waals surface area contributed by atoms with Crippen molar-refractivity contribution in [1.82, 2.24) is 10.3 Å². The first kappa shape index (κ1) is 20.2. The molecule has 0 aliphatic heterocycles. The summed E-state index contributed by atoms with van der Waals surface area (Å²) in [5.41, 5.74) is 2.62. The van der Waals surface area contributed by atoms with E-state index in [1.165, 1.54) is 7.11 Å². The number of rotatable bonds is 6. The smallest absolute Gasteiger partial charge is 0.273 e. The molecule has 1 heterocycles. The van der Waals surface area contributed by atoms with E-state index in [-0.39, 0.29) is 18.2 Å². The molecule has 0 aliphatic rings. The van der Waals surface area contributed by atoms with E-state index in [4.69, 9.17) is 9.57 Å². The molecule has 6 heteroatoms.